The quantitative estimate of drug-likeness (QED) is 0.0436. The molecule has 1 saturated heterocycles. The molecule has 52 heavy (non-hydrogen) atoms. The second-order valence-electron chi connectivity index (χ2n) is 13.5. The fraction of sp³-hybridized carbons (Fsp3) is 0.622. The van der Waals surface area contributed by atoms with E-state index in [-0.39, 0.29) is 18.2 Å². The number of esters is 1. The van der Waals surface area contributed by atoms with Gasteiger partial charge in [0.25, 0.3) is 0 Å². The van der Waals surface area contributed by atoms with Crippen LogP contribution in [0.2, 0.25) is 0 Å². The van der Waals surface area contributed by atoms with Crippen molar-refractivity contribution >= 4 is 25.1 Å². The van der Waals surface area contributed by atoms with Crippen molar-refractivity contribution in [1.29, 1.82) is 5.26 Å². The molecule has 1 fully saturated rings. The number of nitrogens with one attached hydrogen (secondary N) is 1. The van der Waals surface area contributed by atoms with Gasteiger partial charge in [0.1, 0.15) is 54.6 Å². The Morgan fingerprint density at radius 3 is 2.25 bits per heavy atom. The number of ether oxygens (including phenoxy) is 2. The number of hydrogen-bond donors (Lipinski definition) is 4. The van der Waals surface area contributed by atoms with Crippen LogP contribution in [0.5, 0.6) is 5.75 Å². The predicted molar refractivity (Wildman–Crippen MR) is 196 cm³/mol. The lowest BCUT2D eigenvalue weighted by atomic mass is 9.96. The molecule has 6 atom stereocenters. The third kappa shape index (κ3) is 11.5. The fourth-order valence-electron chi connectivity index (χ4n) is 6.25. The fourth-order valence-corrected chi connectivity index (χ4v) is 7.77. The van der Waals surface area contributed by atoms with Gasteiger partial charge >= 0.3 is 13.7 Å². The van der Waals surface area contributed by atoms with Crippen molar-refractivity contribution in [3.63, 3.8) is 0 Å². The largest absolute Gasteiger partial charge is 0.465 e. The first kappa shape index (κ1) is 41.2. The van der Waals surface area contributed by atoms with Crippen LogP contribution in [0, 0.1) is 11.3 Å². The number of carbonyl (C=O) groups is 1. The Labute approximate surface area is 306 Å². The minimum absolute atomic E-state index is 0.162. The van der Waals surface area contributed by atoms with E-state index in [4.69, 9.17) is 24.3 Å². The zero-order valence-electron chi connectivity index (χ0n) is 30.4. The molecule has 0 bridgehead atoms. The zero-order valence-corrected chi connectivity index (χ0v) is 31.3. The van der Waals surface area contributed by atoms with Crippen LogP contribution in [0.25, 0.3) is 5.52 Å². The summed E-state index contributed by atoms with van der Waals surface area (Å²) in [5.74, 6) is -0.310. The van der Waals surface area contributed by atoms with Crippen molar-refractivity contribution in [2.45, 2.75) is 134 Å². The lowest BCUT2D eigenvalue weighted by molar-refractivity contribution is -0.145. The van der Waals surface area contributed by atoms with E-state index in [0.717, 1.165) is 19.3 Å². The van der Waals surface area contributed by atoms with Gasteiger partial charge in [-0.05, 0) is 37.6 Å². The van der Waals surface area contributed by atoms with Crippen molar-refractivity contribution in [3.8, 4) is 11.8 Å². The Kier molecular flexibility index (Phi) is 16.3. The number of anilines is 1. The predicted octanol–water partition coefficient (Wildman–Crippen LogP) is 6.57. The molecule has 3 aromatic rings. The second kappa shape index (κ2) is 20.6. The maximum Gasteiger partial charge on any atom is 0.459 e. The number of rotatable bonds is 24. The van der Waals surface area contributed by atoms with Crippen LogP contribution in [0.3, 0.4) is 0 Å². The highest BCUT2D eigenvalue weighted by Crippen LogP contribution is 2.48. The third-order valence-corrected chi connectivity index (χ3v) is 10.9. The summed E-state index contributed by atoms with van der Waals surface area (Å²) in [5, 5.41) is 39.0. The number of aromatic nitrogens is 3. The average Bonchev–Trinajstić information content (AvgIpc) is 3.68. The number of carbonyl (C=O) groups excluding carboxylic acids is 1. The summed E-state index contributed by atoms with van der Waals surface area (Å²) in [6.45, 7) is 3.13. The van der Waals surface area contributed by atoms with E-state index in [1.165, 1.54) is 82.0 Å². The molecule has 3 heterocycles. The van der Waals surface area contributed by atoms with Gasteiger partial charge in [0, 0.05) is 0 Å². The van der Waals surface area contributed by atoms with Crippen molar-refractivity contribution in [2.75, 3.05) is 18.9 Å². The van der Waals surface area contributed by atoms with Crippen LogP contribution in [0.1, 0.15) is 116 Å². The molecule has 14 nitrogen and oxygen atoms in total. The lowest BCUT2D eigenvalue weighted by Crippen LogP contribution is -2.46. The first-order valence-corrected chi connectivity index (χ1v) is 20.1. The van der Waals surface area contributed by atoms with E-state index in [1.807, 2.05) is 6.07 Å². The Hall–Kier alpha value is -3.57. The van der Waals surface area contributed by atoms with E-state index in [1.54, 1.807) is 42.5 Å². The molecule has 4 rings (SSSR count). The van der Waals surface area contributed by atoms with E-state index < -0.39 is 50.3 Å². The maximum atomic E-state index is 14.1. The minimum atomic E-state index is -4.42. The summed E-state index contributed by atoms with van der Waals surface area (Å²) in [6.07, 6.45) is 13.6. The van der Waals surface area contributed by atoms with Gasteiger partial charge in [0.05, 0.1) is 12.3 Å². The summed E-state index contributed by atoms with van der Waals surface area (Å²) < 4.78 is 38.3. The van der Waals surface area contributed by atoms with Crippen LogP contribution >= 0.6 is 7.75 Å². The Balaban J connectivity index is 1.26. The van der Waals surface area contributed by atoms with Crippen LogP contribution in [0.4, 0.5) is 5.82 Å². The SMILES string of the molecule is CCCCCCCCCCCCCCCCOC(=O)[C@H](C)NP(=O)(OC[C@@]1(C#N)O[C@@H](c2ccc3c(N)ncnn23)[C@H](O)[C@@H]1O)Oc1ccccc1. The smallest absolute Gasteiger partial charge is 0.459 e. The lowest BCUT2D eigenvalue weighted by Gasteiger charge is -2.28. The highest BCUT2D eigenvalue weighted by Gasteiger charge is 2.57. The molecular weight excluding hydrogens is 687 g/mol. The molecule has 0 radical (unpaired) electrons. The number of para-hydroxylation sites is 1. The highest BCUT2D eigenvalue weighted by atomic mass is 31.2. The summed E-state index contributed by atoms with van der Waals surface area (Å²) in [7, 11) is -4.42. The van der Waals surface area contributed by atoms with Gasteiger partial charge in [-0.3, -0.25) is 9.32 Å². The molecular formula is C37H55N6O8P. The second-order valence-corrected chi connectivity index (χ2v) is 15.2. The van der Waals surface area contributed by atoms with E-state index in [0.29, 0.717) is 17.6 Å². The summed E-state index contributed by atoms with van der Waals surface area (Å²) in [4.78, 5) is 16.8. The number of unbranched alkanes of at least 4 members (excludes halogenated alkanes) is 13. The molecule has 5 N–H and O–H groups in total. The first-order valence-electron chi connectivity index (χ1n) is 18.6. The number of fused-ring (bicyclic) bond motifs is 1. The molecule has 286 valence electrons. The molecule has 1 aromatic carbocycles. The summed E-state index contributed by atoms with van der Waals surface area (Å²) >= 11 is 0. The molecule has 1 aliphatic heterocycles. The number of aliphatic hydroxyl groups excluding tert-OH is 2. The molecule has 0 spiro atoms. The van der Waals surface area contributed by atoms with Gasteiger partial charge < -0.3 is 29.9 Å². The molecule has 1 unspecified atom stereocenters. The van der Waals surface area contributed by atoms with Gasteiger partial charge in [-0.25, -0.2) is 14.1 Å². The van der Waals surface area contributed by atoms with Crippen LogP contribution < -0.4 is 15.3 Å². The normalized spacial score (nSPS) is 21.8. The van der Waals surface area contributed by atoms with Gasteiger partial charge in [0.2, 0.25) is 5.60 Å². The number of aliphatic hydroxyl groups is 2. The summed E-state index contributed by atoms with van der Waals surface area (Å²) in [5.41, 5.74) is 4.48. The van der Waals surface area contributed by atoms with Crippen molar-refractivity contribution in [2.24, 2.45) is 0 Å². The van der Waals surface area contributed by atoms with Gasteiger partial charge in [-0.1, -0.05) is 109 Å². The summed E-state index contributed by atoms with van der Waals surface area (Å²) in [6, 6.07) is 12.1. The number of nitrogens with zero attached hydrogens (tertiary/aromatic N) is 4. The van der Waals surface area contributed by atoms with Gasteiger partial charge in [-0.2, -0.15) is 15.4 Å². The van der Waals surface area contributed by atoms with E-state index in [9.17, 15) is 24.8 Å². The van der Waals surface area contributed by atoms with Crippen LogP contribution in [-0.2, 0) is 23.4 Å². The molecule has 1 aliphatic rings. The average molecular weight is 743 g/mol. The Morgan fingerprint density at radius 2 is 1.63 bits per heavy atom. The van der Waals surface area contributed by atoms with Gasteiger partial charge in [-0.15, -0.1) is 0 Å². The number of hydrogen-bond acceptors (Lipinski definition) is 12. The maximum absolute atomic E-state index is 14.1. The van der Waals surface area contributed by atoms with Crippen molar-refractivity contribution < 1.29 is 38.1 Å². The zero-order chi connectivity index (χ0) is 37.4. The number of nitrogens with two attached hydrogens (primary N) is 1. The van der Waals surface area contributed by atoms with Gasteiger partial charge in [0.15, 0.2) is 5.82 Å². The Morgan fingerprint density at radius 1 is 1.02 bits per heavy atom. The monoisotopic (exact) mass is 742 g/mol. The van der Waals surface area contributed by atoms with Crippen molar-refractivity contribution in [3.05, 3.63) is 54.5 Å². The minimum Gasteiger partial charge on any atom is -0.465 e. The number of benzene rings is 1. The molecule has 2 aromatic heterocycles. The highest BCUT2D eigenvalue weighted by molar-refractivity contribution is 7.52. The first-order chi connectivity index (χ1) is 25.1. The van der Waals surface area contributed by atoms with E-state index >= 15 is 0 Å². The third-order valence-electron chi connectivity index (χ3n) is 9.31. The molecule has 0 amide bonds. The standard InChI is InChI=1S/C37H55N6O8P/c1-3-4-5-6-7-8-9-10-11-12-13-14-15-19-24-48-36(46)28(2)42-52(47,51-29-20-17-16-18-21-29)49-26-37(25-38)34(45)32(44)33(50-37)30-22-23-31-35(39)40-27-41-43(30)31/h16-18,20-23,27-28,32-34,44-45H,3-15,19,24,26H2,1-2H3,(H,42,47)(H2,39,40,41)/t28-,32-,33-,34-,37+,52?/m0/s1. The topological polar surface area (TPSA) is 204 Å². The molecule has 0 saturated carbocycles. The molecule has 15 heteroatoms. The number of nitrogen functional groups attached to an aromatic ring is 1. The van der Waals surface area contributed by atoms with Crippen molar-refractivity contribution in [1.82, 2.24) is 19.7 Å². The van der Waals surface area contributed by atoms with E-state index in [2.05, 4.69) is 22.1 Å². The van der Waals surface area contributed by atoms with Crippen LogP contribution in [-0.4, -0.2) is 67.8 Å². The van der Waals surface area contributed by atoms with Crippen LogP contribution in [0.15, 0.2) is 48.8 Å². The number of nitriles is 1. The molecule has 0 aliphatic carbocycles. The Bertz CT molecular complexity index is 1620.